The SMILES string of the molecule is COC1CC(C=CC(=O)OC[C@H]2O[C@@H](OC3CC(O)C4CC(O[C@@H]5O[C@H](COC(=O)CC(=O)O)[C@@H](O)[C@H](O)[C@H]5O)C(C5CCC(O)C(O[C@@H]6O[C@H](COC(=O)C=CC7CC(OC)C(O)C(OC)C7)[C@@H](O)[C@H](O)[C@H]6O)C5)[OH+]C4C3)[C@H](O)[C@@H](O)[C@@H]2O)CC(OC)C1O. The Hall–Kier alpha value is -3.60. The van der Waals surface area contributed by atoms with Gasteiger partial charge in [0.1, 0.15) is 118 Å². The molecule has 0 spiro atoms. The monoisotopic (exact) mass is 1300 g/mol. The van der Waals surface area contributed by atoms with Crippen LogP contribution in [0.3, 0.4) is 0 Å². The molecule has 0 radical (unpaired) electrons. The van der Waals surface area contributed by atoms with Gasteiger partial charge in [0.15, 0.2) is 31.1 Å². The number of methoxy groups -OCH3 is 4. The molecule has 28 atom stereocenters. The van der Waals surface area contributed by atoms with E-state index < -0.39 is 233 Å². The third kappa shape index (κ3) is 17.6. The average Bonchev–Trinajstić information content (AvgIpc) is 1.06. The molecule has 4 aliphatic carbocycles. The number of hydrogen-bond acceptors (Lipinski definition) is 30. The first-order valence-corrected chi connectivity index (χ1v) is 30.5. The number of ether oxygens (including phenoxy) is 14. The van der Waals surface area contributed by atoms with Gasteiger partial charge >= 0.3 is 23.9 Å². The van der Waals surface area contributed by atoms with E-state index in [-0.39, 0.29) is 50.4 Å². The van der Waals surface area contributed by atoms with Crippen LogP contribution in [0.1, 0.15) is 70.6 Å². The van der Waals surface area contributed by atoms with Crippen molar-refractivity contribution in [2.75, 3.05) is 48.3 Å². The Kier molecular flexibility index (Phi) is 26.2. The van der Waals surface area contributed by atoms with Crippen molar-refractivity contribution in [1.82, 2.24) is 0 Å². The van der Waals surface area contributed by atoms with Gasteiger partial charge in [-0.2, -0.15) is 0 Å². The zero-order valence-electron chi connectivity index (χ0n) is 50.3. The van der Waals surface area contributed by atoms with Gasteiger partial charge in [-0.3, -0.25) is 9.59 Å². The molecule has 4 heterocycles. The van der Waals surface area contributed by atoms with Crippen LogP contribution in [0.5, 0.6) is 0 Å². The van der Waals surface area contributed by atoms with E-state index in [2.05, 4.69) is 0 Å². The van der Waals surface area contributed by atoms with Crippen molar-refractivity contribution in [1.29, 1.82) is 0 Å². The minimum atomic E-state index is -1.96. The van der Waals surface area contributed by atoms with Crippen molar-refractivity contribution in [2.24, 2.45) is 23.7 Å². The summed E-state index contributed by atoms with van der Waals surface area (Å²) in [5.41, 5.74) is 0. The first-order valence-electron chi connectivity index (χ1n) is 30.5. The Labute approximate surface area is 517 Å². The second-order valence-corrected chi connectivity index (χ2v) is 24.7. The number of esters is 3. The van der Waals surface area contributed by atoms with E-state index in [0.29, 0.717) is 25.7 Å². The highest BCUT2D eigenvalue weighted by atomic mass is 16.7. The Morgan fingerprint density at radius 2 is 0.867 bits per heavy atom. The fourth-order valence-electron chi connectivity index (χ4n) is 13.6. The quantitative estimate of drug-likeness (QED) is 0.0149. The maximum absolute atomic E-state index is 13.0. The predicted octanol–water partition coefficient (Wildman–Crippen LogP) is -6.02. The van der Waals surface area contributed by atoms with Crippen molar-refractivity contribution in [3.05, 3.63) is 24.3 Å². The highest BCUT2D eigenvalue weighted by molar-refractivity contribution is 5.90. The number of carboxylic acids is 1. The molecule has 0 aromatic heterocycles. The van der Waals surface area contributed by atoms with Crippen molar-refractivity contribution in [3.8, 4) is 0 Å². The van der Waals surface area contributed by atoms with E-state index in [0.717, 1.165) is 6.08 Å². The zero-order valence-corrected chi connectivity index (χ0v) is 50.3. The van der Waals surface area contributed by atoms with E-state index in [1.165, 1.54) is 34.5 Å². The number of aliphatic hydroxyl groups is 15. The average molecular weight is 1300 g/mol. The number of fused-ring (bicyclic) bond motifs is 1. The fourth-order valence-corrected chi connectivity index (χ4v) is 13.6. The number of hydrogen-bond donors (Lipinski definition) is 14. The molecule has 32 nitrogen and oxygen atoms in total. The molecule has 8 fully saturated rings. The molecule has 32 heteroatoms. The summed E-state index contributed by atoms with van der Waals surface area (Å²) in [5, 5.41) is 153. The summed E-state index contributed by atoms with van der Waals surface area (Å²) in [4.78, 5) is 49.2. The van der Waals surface area contributed by atoms with Crippen LogP contribution in [0.25, 0.3) is 0 Å². The van der Waals surface area contributed by atoms with Gasteiger partial charge in [0.2, 0.25) is 0 Å². The molecular formula is C58H91O32+. The van der Waals surface area contributed by atoms with Gasteiger partial charge < -0.3 is 138 Å². The minimum absolute atomic E-state index is 0.0261. The molecule has 4 aliphatic heterocycles. The third-order valence-electron chi connectivity index (χ3n) is 18.8. The van der Waals surface area contributed by atoms with Crippen molar-refractivity contribution >= 4 is 23.9 Å². The molecule has 0 amide bonds. The second kappa shape index (κ2) is 32.7. The van der Waals surface area contributed by atoms with E-state index in [1.54, 1.807) is 12.2 Å². The van der Waals surface area contributed by atoms with Crippen molar-refractivity contribution in [2.45, 2.75) is 242 Å². The maximum Gasteiger partial charge on any atom is 0.330 e. The number of carboxylic acid groups (broad SMARTS) is 1. The van der Waals surface area contributed by atoms with Gasteiger partial charge in [-0.1, -0.05) is 12.2 Å². The van der Waals surface area contributed by atoms with E-state index in [9.17, 15) is 85.6 Å². The molecule has 90 heavy (non-hydrogen) atoms. The second-order valence-electron chi connectivity index (χ2n) is 24.7. The predicted molar refractivity (Wildman–Crippen MR) is 295 cm³/mol. The van der Waals surface area contributed by atoms with Crippen molar-refractivity contribution < 1.29 is 157 Å². The lowest BCUT2D eigenvalue weighted by atomic mass is 9.72. The number of carbonyl (C=O) groups excluding carboxylic acids is 3. The molecule has 0 aromatic carbocycles. The fraction of sp³-hybridized carbons (Fsp3) is 0.862. The standard InChI is InChI=1S/C58H90O32/c1-77-32-11-23(12-33(78-2)44(32)66)5-9-41(63)81-20-37-46(68)49(71)52(74)56(88-37)84-26-16-29(60)27-18-36(87-58-54(76)51(73)48(70)39(90-58)22-83-43(65)19-40(61)62)55(85-30(27)17-26)25-7-8-28(59)31(15-25)86-57-53(75)50(72)47(69)38(89-57)21-82-42(64)10-6-24-13-34(79-3)45(67)35(14-24)80-4/h5-6,9-10,23-39,44-60,66-76H,7-8,11-22H2,1-4H3,(H,61,62)/p+1/t23?,24?,25?,26?,27?,28?,29?,30?,31?,32?,33?,34?,35?,36?,37-,38-,39-,44?,45?,46-,47-,48-,49+,50+,51+,52-,53-,54-,55?,56-,57-,58-/m1/s1. The molecule has 4 saturated carbocycles. The molecule has 0 bridgehead atoms. The lowest BCUT2D eigenvalue weighted by Gasteiger charge is -2.50. The maximum atomic E-state index is 13.0. The van der Waals surface area contributed by atoms with Crippen LogP contribution < -0.4 is 0 Å². The van der Waals surface area contributed by atoms with Crippen LogP contribution in [0, 0.1) is 23.7 Å². The van der Waals surface area contributed by atoms with Gasteiger partial charge in [-0.15, -0.1) is 0 Å². The molecule has 8 rings (SSSR count). The summed E-state index contributed by atoms with van der Waals surface area (Å²) in [6, 6.07) is 0. The summed E-state index contributed by atoms with van der Waals surface area (Å²) < 4.78 is 79.0. The molecule has 4 saturated heterocycles. The summed E-state index contributed by atoms with van der Waals surface area (Å²) in [6.07, 6.45) is -31.8. The molecule has 13 unspecified atom stereocenters. The van der Waals surface area contributed by atoms with E-state index in [1.807, 2.05) is 0 Å². The van der Waals surface area contributed by atoms with Crippen LogP contribution in [-0.2, 0) is 80.8 Å². The number of aliphatic carboxylic acids is 1. The largest absolute Gasteiger partial charge is 0.481 e. The van der Waals surface area contributed by atoms with Crippen molar-refractivity contribution in [3.63, 3.8) is 0 Å². The molecule has 514 valence electrons. The van der Waals surface area contributed by atoms with Crippen LogP contribution >= 0.6 is 0 Å². The van der Waals surface area contributed by atoms with Gasteiger partial charge in [-0.25, -0.2) is 9.59 Å². The Morgan fingerprint density at radius 3 is 1.30 bits per heavy atom. The summed E-state index contributed by atoms with van der Waals surface area (Å²) in [7, 11) is 5.80. The summed E-state index contributed by atoms with van der Waals surface area (Å²) in [6.45, 7) is -1.98. The van der Waals surface area contributed by atoms with Crippen LogP contribution in [0.15, 0.2) is 24.3 Å². The highest BCUT2D eigenvalue weighted by Crippen LogP contribution is 2.44. The molecule has 8 aliphatic rings. The van der Waals surface area contributed by atoms with Gasteiger partial charge in [0.25, 0.3) is 0 Å². The zero-order chi connectivity index (χ0) is 65.4. The lowest BCUT2D eigenvalue weighted by molar-refractivity contribution is -0.364. The van der Waals surface area contributed by atoms with Crippen LogP contribution in [0.2, 0.25) is 0 Å². The Bertz CT molecular complexity index is 2340. The van der Waals surface area contributed by atoms with Crippen LogP contribution in [0.4, 0.5) is 0 Å². The summed E-state index contributed by atoms with van der Waals surface area (Å²) in [5.74, 6) is -6.20. The number of allylic oxidation sites excluding steroid dienone is 2. The van der Waals surface area contributed by atoms with Gasteiger partial charge in [0.05, 0.1) is 54.7 Å². The highest BCUT2D eigenvalue weighted by Gasteiger charge is 2.57. The Morgan fingerprint density at radius 1 is 0.444 bits per heavy atom. The molecule has 15 N–H and O–H groups in total. The van der Waals surface area contributed by atoms with Gasteiger partial charge in [0, 0.05) is 59.4 Å². The summed E-state index contributed by atoms with van der Waals surface area (Å²) >= 11 is 0. The smallest absolute Gasteiger partial charge is 0.330 e. The molecule has 0 aromatic rings. The normalized spacial score (nSPS) is 46.1. The van der Waals surface area contributed by atoms with E-state index >= 15 is 0 Å². The third-order valence-corrected chi connectivity index (χ3v) is 18.8. The number of carbonyl (C=O) groups is 4. The Balaban J connectivity index is 0.947. The first-order chi connectivity index (χ1) is 42.8. The molecular weight excluding hydrogens is 1210 g/mol. The van der Waals surface area contributed by atoms with Gasteiger partial charge in [-0.05, 0) is 63.2 Å². The first kappa shape index (κ1) is 72.2. The minimum Gasteiger partial charge on any atom is -0.481 e. The van der Waals surface area contributed by atoms with Crippen LogP contribution in [-0.4, -0.2) is 320 Å². The number of rotatable bonds is 23. The van der Waals surface area contributed by atoms with E-state index in [4.69, 9.17) is 71.4 Å². The topological polar surface area (TPSA) is 484 Å². The number of aliphatic hydroxyl groups excluding tert-OH is 13. The lowest BCUT2D eigenvalue weighted by Crippen LogP contribution is -2.64.